The van der Waals surface area contributed by atoms with Crippen molar-refractivity contribution in [2.75, 3.05) is 6.61 Å². The first-order chi connectivity index (χ1) is 10.7. The van der Waals surface area contributed by atoms with E-state index in [1.165, 1.54) is 18.2 Å². The summed E-state index contributed by atoms with van der Waals surface area (Å²) in [6.07, 6.45) is 0. The fraction of sp³-hybridized carbons (Fsp3) is 0.375. The first kappa shape index (κ1) is 17.0. The van der Waals surface area contributed by atoms with Gasteiger partial charge in [0.15, 0.2) is 5.69 Å². The molecule has 1 heterocycles. The van der Waals surface area contributed by atoms with E-state index in [4.69, 9.17) is 10.5 Å². The lowest BCUT2D eigenvalue weighted by atomic mass is 9.94. The average Bonchev–Trinajstić information content (AvgIpc) is 2.90. The molecule has 23 heavy (non-hydrogen) atoms. The number of nitrogens with zero attached hydrogens (tertiary/aromatic N) is 2. The van der Waals surface area contributed by atoms with Crippen molar-refractivity contribution in [3.05, 3.63) is 41.8 Å². The second-order valence-electron chi connectivity index (χ2n) is 5.90. The van der Waals surface area contributed by atoms with E-state index in [0.29, 0.717) is 0 Å². The van der Waals surface area contributed by atoms with E-state index in [1.54, 1.807) is 19.1 Å². The van der Waals surface area contributed by atoms with Gasteiger partial charge in [-0.3, -0.25) is 4.79 Å². The number of rotatable bonds is 6. The number of ether oxygens (including phenoxy) is 1. The zero-order chi connectivity index (χ0) is 17.2. The van der Waals surface area contributed by atoms with E-state index in [1.807, 2.05) is 13.8 Å². The third-order valence-corrected chi connectivity index (χ3v) is 3.77. The monoisotopic (exact) mass is 321 g/mol. The number of para-hydroxylation sites is 1. The molecular formula is C16H20FN3O3. The number of nitrogens with two attached hydrogens (primary N) is 1. The second kappa shape index (κ2) is 6.37. The molecule has 0 radical (unpaired) electrons. The Morgan fingerprint density at radius 1 is 1.48 bits per heavy atom. The number of hydrogen-bond donors (Lipinski definition) is 2. The van der Waals surface area contributed by atoms with Crippen LogP contribution in [0, 0.1) is 11.7 Å². The summed E-state index contributed by atoms with van der Waals surface area (Å²) in [5.74, 6) is -1.19. The van der Waals surface area contributed by atoms with Crippen LogP contribution in [0.4, 0.5) is 4.39 Å². The lowest BCUT2D eigenvalue weighted by Crippen LogP contribution is -2.38. The van der Waals surface area contributed by atoms with E-state index in [0.717, 1.165) is 4.68 Å². The summed E-state index contributed by atoms with van der Waals surface area (Å²) in [4.78, 5) is 11.3. The number of hydrogen-bond acceptors (Lipinski definition) is 4. The standard InChI is InChI=1S/C16H20FN3O3/c1-10(2)16(3,22)9-23-14-8-12(15(18)21)19-20(14)13-7-5-4-6-11(13)17/h4-8,10,22H,9H2,1-3H3,(H2,18,21)/t16-/m0/s1. The summed E-state index contributed by atoms with van der Waals surface area (Å²) in [6.45, 7) is 5.30. The largest absolute Gasteiger partial charge is 0.474 e. The highest BCUT2D eigenvalue weighted by molar-refractivity contribution is 5.91. The minimum absolute atomic E-state index is 0.0387. The lowest BCUT2D eigenvalue weighted by molar-refractivity contribution is -0.0284. The number of carbonyl (C=O) groups excluding carboxylic acids is 1. The quantitative estimate of drug-likeness (QED) is 0.850. The first-order valence-electron chi connectivity index (χ1n) is 7.22. The van der Waals surface area contributed by atoms with Crippen molar-refractivity contribution in [1.82, 2.24) is 9.78 Å². The van der Waals surface area contributed by atoms with Crippen LogP contribution in [0.1, 0.15) is 31.3 Å². The molecular weight excluding hydrogens is 301 g/mol. The highest BCUT2D eigenvalue weighted by atomic mass is 19.1. The Morgan fingerprint density at radius 3 is 2.70 bits per heavy atom. The molecule has 1 aromatic heterocycles. The average molecular weight is 321 g/mol. The van der Waals surface area contributed by atoms with Gasteiger partial charge in [-0.15, -0.1) is 0 Å². The molecule has 1 atom stereocenters. The van der Waals surface area contributed by atoms with Crippen LogP contribution in [0.5, 0.6) is 5.88 Å². The molecule has 0 saturated carbocycles. The predicted molar refractivity (Wildman–Crippen MR) is 83.0 cm³/mol. The van der Waals surface area contributed by atoms with Crippen molar-refractivity contribution >= 4 is 5.91 Å². The zero-order valence-corrected chi connectivity index (χ0v) is 13.3. The van der Waals surface area contributed by atoms with Crippen LogP contribution in [-0.4, -0.2) is 33.0 Å². The van der Waals surface area contributed by atoms with Gasteiger partial charge in [0.25, 0.3) is 5.91 Å². The molecule has 0 aliphatic carbocycles. The van der Waals surface area contributed by atoms with E-state index in [-0.39, 0.29) is 29.8 Å². The second-order valence-corrected chi connectivity index (χ2v) is 5.90. The van der Waals surface area contributed by atoms with Gasteiger partial charge < -0.3 is 15.6 Å². The maximum absolute atomic E-state index is 14.0. The summed E-state index contributed by atoms with van der Waals surface area (Å²) in [6, 6.07) is 7.28. The Bertz CT molecular complexity index is 710. The van der Waals surface area contributed by atoms with Crippen LogP contribution in [0.15, 0.2) is 30.3 Å². The number of halogens is 1. The molecule has 0 aliphatic rings. The molecule has 0 aliphatic heterocycles. The maximum Gasteiger partial charge on any atom is 0.269 e. The molecule has 1 amide bonds. The molecule has 3 N–H and O–H groups in total. The Hall–Kier alpha value is -2.41. The molecule has 0 unspecified atom stereocenters. The summed E-state index contributed by atoms with van der Waals surface area (Å²) in [5.41, 5.74) is 4.22. The van der Waals surface area contributed by atoms with Crippen LogP contribution in [0.3, 0.4) is 0 Å². The van der Waals surface area contributed by atoms with Crippen molar-refractivity contribution in [1.29, 1.82) is 0 Å². The van der Waals surface area contributed by atoms with Gasteiger partial charge in [-0.2, -0.15) is 9.78 Å². The van der Waals surface area contributed by atoms with Gasteiger partial charge in [-0.1, -0.05) is 26.0 Å². The molecule has 0 saturated heterocycles. The van der Waals surface area contributed by atoms with E-state index >= 15 is 0 Å². The molecule has 6 nitrogen and oxygen atoms in total. The number of primary amides is 1. The number of aromatic nitrogens is 2. The van der Waals surface area contributed by atoms with Crippen molar-refractivity contribution < 1.29 is 19.0 Å². The fourth-order valence-electron chi connectivity index (χ4n) is 1.77. The Labute approximate surface area is 133 Å². The van der Waals surface area contributed by atoms with Gasteiger partial charge in [0.2, 0.25) is 5.88 Å². The topological polar surface area (TPSA) is 90.4 Å². The molecule has 0 bridgehead atoms. The van der Waals surface area contributed by atoms with Gasteiger partial charge in [0.1, 0.15) is 18.1 Å². The summed E-state index contributed by atoms with van der Waals surface area (Å²) in [7, 11) is 0. The van der Waals surface area contributed by atoms with Crippen molar-refractivity contribution in [2.45, 2.75) is 26.4 Å². The molecule has 2 rings (SSSR count). The fourth-order valence-corrected chi connectivity index (χ4v) is 1.77. The third-order valence-electron chi connectivity index (χ3n) is 3.77. The van der Waals surface area contributed by atoms with Gasteiger partial charge >= 0.3 is 0 Å². The first-order valence-corrected chi connectivity index (χ1v) is 7.22. The normalized spacial score (nSPS) is 13.8. The lowest BCUT2D eigenvalue weighted by Gasteiger charge is -2.27. The Kier molecular flexibility index (Phi) is 4.70. The SMILES string of the molecule is CC(C)[C@@](C)(O)COc1cc(C(N)=O)nn1-c1ccccc1F. The Balaban J connectivity index is 2.39. The van der Waals surface area contributed by atoms with Crippen LogP contribution < -0.4 is 10.5 Å². The van der Waals surface area contributed by atoms with Crippen LogP contribution in [0.25, 0.3) is 5.69 Å². The van der Waals surface area contributed by atoms with Gasteiger partial charge in [0.05, 0.1) is 5.60 Å². The number of amides is 1. The highest BCUT2D eigenvalue weighted by Gasteiger charge is 2.27. The van der Waals surface area contributed by atoms with E-state index in [2.05, 4.69) is 5.10 Å². The number of carbonyl (C=O) groups is 1. The maximum atomic E-state index is 14.0. The van der Waals surface area contributed by atoms with Crippen LogP contribution >= 0.6 is 0 Å². The molecule has 7 heteroatoms. The van der Waals surface area contributed by atoms with E-state index < -0.39 is 17.3 Å². The Morgan fingerprint density at radius 2 is 2.13 bits per heavy atom. The van der Waals surface area contributed by atoms with Crippen molar-refractivity contribution in [3.8, 4) is 11.6 Å². The highest BCUT2D eigenvalue weighted by Crippen LogP contribution is 2.24. The summed E-state index contributed by atoms with van der Waals surface area (Å²) < 4.78 is 20.7. The predicted octanol–water partition coefficient (Wildman–Crippen LogP) is 1.90. The molecule has 1 aromatic carbocycles. The van der Waals surface area contributed by atoms with Crippen molar-refractivity contribution in [3.63, 3.8) is 0 Å². The molecule has 124 valence electrons. The zero-order valence-electron chi connectivity index (χ0n) is 13.3. The van der Waals surface area contributed by atoms with Crippen molar-refractivity contribution in [2.24, 2.45) is 11.7 Å². The van der Waals surface area contributed by atoms with Gasteiger partial charge in [-0.25, -0.2) is 4.39 Å². The third kappa shape index (κ3) is 3.68. The van der Waals surface area contributed by atoms with Gasteiger partial charge in [-0.05, 0) is 25.0 Å². The smallest absolute Gasteiger partial charge is 0.269 e. The summed E-state index contributed by atoms with van der Waals surface area (Å²) >= 11 is 0. The van der Waals surface area contributed by atoms with Crippen LogP contribution in [0.2, 0.25) is 0 Å². The molecule has 0 spiro atoms. The number of aliphatic hydroxyl groups is 1. The summed E-state index contributed by atoms with van der Waals surface area (Å²) in [5, 5.41) is 14.2. The van der Waals surface area contributed by atoms with E-state index in [9.17, 15) is 14.3 Å². The minimum atomic E-state index is -1.09. The van der Waals surface area contributed by atoms with Crippen LogP contribution in [-0.2, 0) is 0 Å². The number of benzene rings is 1. The minimum Gasteiger partial charge on any atom is -0.474 e. The van der Waals surface area contributed by atoms with Gasteiger partial charge in [0, 0.05) is 6.07 Å². The molecule has 2 aromatic rings. The molecule has 0 fully saturated rings.